The van der Waals surface area contributed by atoms with Crippen molar-refractivity contribution in [2.75, 3.05) is 397 Å². The summed E-state index contributed by atoms with van der Waals surface area (Å²) in [6.45, 7) is 49.2. The molecule has 0 aliphatic carbocycles. The van der Waals surface area contributed by atoms with Gasteiger partial charge in [-0.1, -0.05) is 26.2 Å². The fraction of sp³-hybridized carbons (Fsp3) is 0.881. The predicted molar refractivity (Wildman–Crippen MR) is 550 cm³/mol. The second-order valence-corrected chi connectivity index (χ2v) is 37.8. The first-order valence-electron chi connectivity index (χ1n) is 52.7. The average Bonchev–Trinajstić information content (AvgIpc) is 1.79. The lowest BCUT2D eigenvalue weighted by Crippen LogP contribution is -2.38. The summed E-state index contributed by atoms with van der Waals surface area (Å²) in [5, 5.41) is 8.41. The molecule has 0 saturated carbocycles. The Bertz CT molecular complexity index is 3190. The van der Waals surface area contributed by atoms with Gasteiger partial charge in [-0.3, -0.25) is 62.9 Å². The van der Waals surface area contributed by atoms with E-state index in [1.165, 1.54) is 158 Å². The van der Waals surface area contributed by atoms with Crippen molar-refractivity contribution in [3.05, 3.63) is 0 Å². The minimum atomic E-state index is -0.634. The fourth-order valence-electron chi connectivity index (χ4n) is 15.6. The molecule has 146 heavy (non-hydrogen) atoms. The average molecular weight is 2120 g/mol. The minimum absolute atomic E-state index is 0.0214. The van der Waals surface area contributed by atoms with E-state index >= 15 is 0 Å². The molecule has 11 aliphatic rings. The number of thioether (sulfide) groups is 1. The van der Waals surface area contributed by atoms with Crippen molar-refractivity contribution in [3.63, 3.8) is 0 Å². The monoisotopic (exact) mass is 2120 g/mol. The predicted octanol–water partition coefficient (Wildman–Crippen LogP) is 6.55. The number of carbonyl (C=O) groups is 12. The van der Waals surface area contributed by atoms with E-state index in [1.807, 2.05) is 46.4 Å². The van der Waals surface area contributed by atoms with Crippen LogP contribution in [0.1, 0.15) is 176 Å². The van der Waals surface area contributed by atoms with Crippen LogP contribution < -0.4 is 0 Å². The molecule has 11 heterocycles. The van der Waals surface area contributed by atoms with Gasteiger partial charge in [0.15, 0.2) is 6.61 Å². The Morgan fingerprint density at radius 3 is 0.863 bits per heavy atom. The van der Waals surface area contributed by atoms with E-state index in [4.69, 9.17) is 66.7 Å². The Kier molecular flexibility index (Phi) is 87.8. The van der Waals surface area contributed by atoms with Crippen molar-refractivity contribution in [2.24, 2.45) is 5.92 Å². The standard InChI is InChI=1S/C12H23NO3.C11H19NO4.C10H19NO5.2C9H17NO3.2C9H17NO2.C8H15NO4.C8H15NO3.C8H15NO2S.C8H15NO2/c1-12(2,3)16-11(14)15-10-9-13-7-5-4-6-8-13;1-15-11(14)9-16-10(13)5-8-12-6-3-2-4-7-12;1-13-8-9-16-10(12)15-7-4-11-2-5-14-6-3-11;1-2-13-9(11)3-4-10-5-7-12-8-6-10;11-7-8-13-9(12)3-6-10-4-1-2-5-10;1-8(9(11)12-2)7-10-5-3-4-6-10;1-12-9(11)5-8-10-6-3-2-4-7-10;1-11-8(10)13-7-4-9-2-5-12-6-3-9;2*1-11-8(10)2-3-9-4-6-12-7-5-9;1-11-8(10)4-7-9-5-2-3-6-9/h4-10H2,1-3H3;2*2-9H2,1H3;2-8H2,1H3;11H,1-8H2;8H,3-7H2,1-2H3;2-8H2,1H3;2-7H2,1H3;2*2-7H2,1H3;2-7H2,1H3. The summed E-state index contributed by atoms with van der Waals surface area (Å²) in [7, 11) is 11.3. The van der Waals surface area contributed by atoms with Gasteiger partial charge in [-0.05, 0) is 183 Å². The lowest BCUT2D eigenvalue weighted by atomic mass is 10.1. The lowest BCUT2D eigenvalue weighted by Gasteiger charge is -2.26. The van der Waals surface area contributed by atoms with Crippen molar-refractivity contribution in [3.8, 4) is 0 Å². The number of methoxy groups -OCH3 is 8. The maximum absolute atomic E-state index is 11.2. The summed E-state index contributed by atoms with van der Waals surface area (Å²) >= 11 is 1.98. The molecule has 11 saturated heterocycles. The van der Waals surface area contributed by atoms with E-state index in [-0.39, 0.29) is 80.1 Å². The van der Waals surface area contributed by atoms with Crippen molar-refractivity contribution < 1.29 is 157 Å². The summed E-state index contributed by atoms with van der Waals surface area (Å²) in [5.41, 5.74) is -0.470. The molecule has 852 valence electrons. The second kappa shape index (κ2) is 93.7. The van der Waals surface area contributed by atoms with Gasteiger partial charge in [0.25, 0.3) is 0 Å². The Morgan fingerprint density at radius 1 is 0.281 bits per heavy atom. The van der Waals surface area contributed by atoms with Crippen LogP contribution in [-0.2, 0) is 138 Å². The van der Waals surface area contributed by atoms with Gasteiger partial charge in [0.05, 0.1) is 173 Å². The number of piperidine rings is 3. The number of ether oxygens (including phenoxy) is 20. The van der Waals surface area contributed by atoms with E-state index in [0.29, 0.717) is 78.0 Å². The first-order valence-corrected chi connectivity index (χ1v) is 53.9. The molecule has 1 N–H and O–H groups in total. The number of hydrogen-bond acceptors (Lipinski definition) is 45. The Hall–Kier alpha value is -7.29. The molecule has 44 nitrogen and oxygen atoms in total. The van der Waals surface area contributed by atoms with Crippen LogP contribution in [0.5, 0.6) is 0 Å². The highest BCUT2D eigenvalue weighted by Crippen LogP contribution is 2.17. The van der Waals surface area contributed by atoms with Crippen LogP contribution in [0.25, 0.3) is 0 Å². The van der Waals surface area contributed by atoms with Crippen LogP contribution in [0.4, 0.5) is 14.4 Å². The van der Waals surface area contributed by atoms with E-state index in [9.17, 15) is 57.5 Å². The van der Waals surface area contributed by atoms with E-state index < -0.39 is 30.0 Å². The minimum Gasteiger partial charge on any atom is -0.469 e. The molecule has 0 aromatic heterocycles. The quantitative estimate of drug-likeness (QED) is 0.0385. The Labute approximate surface area is 875 Å². The highest BCUT2D eigenvalue weighted by molar-refractivity contribution is 7.99. The zero-order valence-corrected chi connectivity index (χ0v) is 92.1. The molecule has 1 unspecified atom stereocenters. The summed E-state index contributed by atoms with van der Waals surface area (Å²) in [4.78, 5) is 156. The zero-order valence-electron chi connectivity index (χ0n) is 91.2. The summed E-state index contributed by atoms with van der Waals surface area (Å²) in [6.07, 6.45) is 20.6. The number of nitrogens with zero attached hydrogens (tertiary/aromatic N) is 11. The summed E-state index contributed by atoms with van der Waals surface area (Å²) < 4.78 is 95.8. The van der Waals surface area contributed by atoms with Crippen LogP contribution in [0.3, 0.4) is 0 Å². The molecule has 45 heteroatoms. The maximum atomic E-state index is 11.2. The van der Waals surface area contributed by atoms with Gasteiger partial charge in [-0.25, -0.2) is 19.2 Å². The summed E-state index contributed by atoms with van der Waals surface area (Å²) in [6, 6.07) is 0. The van der Waals surface area contributed by atoms with Crippen LogP contribution in [0.2, 0.25) is 0 Å². The lowest BCUT2D eigenvalue weighted by molar-refractivity contribution is -0.157. The van der Waals surface area contributed by atoms with E-state index in [1.54, 1.807) is 7.11 Å². The van der Waals surface area contributed by atoms with E-state index in [0.717, 1.165) is 269 Å². The third-order valence-corrected chi connectivity index (χ3v) is 25.1. The number of rotatable bonds is 41. The van der Waals surface area contributed by atoms with Crippen molar-refractivity contribution in [1.82, 2.24) is 53.9 Å². The third kappa shape index (κ3) is 82.5. The highest BCUT2D eigenvalue weighted by Gasteiger charge is 2.25. The molecular formula is C101H189N11O33S. The molecule has 0 spiro atoms. The van der Waals surface area contributed by atoms with Gasteiger partial charge < -0.3 is 129 Å². The molecule has 11 rings (SSSR count). The van der Waals surface area contributed by atoms with Crippen LogP contribution >= 0.6 is 11.8 Å². The Morgan fingerprint density at radius 2 is 0.555 bits per heavy atom. The second-order valence-electron chi connectivity index (χ2n) is 36.6. The summed E-state index contributed by atoms with van der Waals surface area (Å²) in [5.74, 6) is 0.710. The molecule has 11 fully saturated rings. The molecule has 0 amide bonds. The van der Waals surface area contributed by atoms with Crippen LogP contribution in [-0.4, -0.2) is 533 Å². The zero-order chi connectivity index (χ0) is 108. The fourth-order valence-corrected chi connectivity index (χ4v) is 16.5. The molecule has 0 aromatic carbocycles. The molecule has 0 radical (unpaired) electrons. The van der Waals surface area contributed by atoms with Gasteiger partial charge in [-0.2, -0.15) is 11.8 Å². The normalized spacial score (nSPS) is 18.4. The number of likely N-dealkylation sites (tertiary alicyclic amines) is 6. The first-order chi connectivity index (χ1) is 70.5. The van der Waals surface area contributed by atoms with Gasteiger partial charge in [-0.15, -0.1) is 0 Å². The van der Waals surface area contributed by atoms with Gasteiger partial charge in [0.1, 0.15) is 38.6 Å². The molecule has 11 aliphatic heterocycles. The molecule has 0 aromatic rings. The molecule has 0 bridgehead atoms. The third-order valence-electron chi connectivity index (χ3n) is 24.1. The van der Waals surface area contributed by atoms with E-state index in [2.05, 4.69) is 87.1 Å². The van der Waals surface area contributed by atoms with Crippen molar-refractivity contribution >= 4 is 84.0 Å². The number of hydrogen-bond donors (Lipinski definition) is 1. The van der Waals surface area contributed by atoms with Crippen LogP contribution in [0, 0.1) is 5.92 Å². The number of carbonyl (C=O) groups excluding carboxylic acids is 12. The van der Waals surface area contributed by atoms with Gasteiger partial charge in [0.2, 0.25) is 0 Å². The van der Waals surface area contributed by atoms with Gasteiger partial charge >= 0.3 is 72.2 Å². The number of aliphatic hydroxyl groups excluding tert-OH is 1. The van der Waals surface area contributed by atoms with Crippen molar-refractivity contribution in [2.45, 2.75) is 181 Å². The SMILES string of the molecule is CC(C)(C)OC(=O)OCCN1CCCCC1.CCOC(=O)CCN1CCOCC1.COC(=O)C(C)CN1CCCC1.COC(=O)CCN1CCCC1.COC(=O)CCN1CCCCC1.COC(=O)CCN1CCOCC1.COC(=O)CCN1CCSCC1.COC(=O)COC(=O)CCN1CCCCC1.COC(=O)OCCN1CCOCC1.COCCOC(=O)OCCN1CCOCC1.O=C(CCN1CCCC1)OCCO. The first kappa shape index (κ1) is 137. The Balaban J connectivity index is 0.000000805. The largest absolute Gasteiger partial charge is 0.508 e. The number of aliphatic hydroxyl groups is 1. The molecule has 1 atom stereocenters. The number of morpholine rings is 4. The smallest absolute Gasteiger partial charge is 0.469 e. The maximum Gasteiger partial charge on any atom is 0.508 e. The van der Waals surface area contributed by atoms with Crippen molar-refractivity contribution in [1.29, 1.82) is 0 Å². The highest BCUT2D eigenvalue weighted by atomic mass is 32.2. The molecular weight excluding hydrogens is 1930 g/mol. The topological polar surface area (TPSA) is 445 Å². The van der Waals surface area contributed by atoms with Gasteiger partial charge in [0, 0.05) is 156 Å². The van der Waals surface area contributed by atoms with Crippen LogP contribution in [0.15, 0.2) is 0 Å². The number of esters is 9.